The minimum absolute atomic E-state index is 0.272. The van der Waals surface area contributed by atoms with Gasteiger partial charge in [0.1, 0.15) is 5.78 Å². The highest BCUT2D eigenvalue weighted by Crippen LogP contribution is 2.39. The van der Waals surface area contributed by atoms with Gasteiger partial charge in [-0.1, -0.05) is 20.8 Å². The molecule has 0 aromatic heterocycles. The Bertz CT molecular complexity index is 334. The van der Waals surface area contributed by atoms with E-state index in [4.69, 9.17) is 4.74 Å². The van der Waals surface area contributed by atoms with Gasteiger partial charge < -0.3 is 9.64 Å². The first kappa shape index (κ1) is 16.0. The summed E-state index contributed by atoms with van der Waals surface area (Å²) < 4.78 is 5.25. The first-order valence-corrected chi connectivity index (χ1v) is 8.14. The average Bonchev–Trinajstić information content (AvgIpc) is 2.78. The van der Waals surface area contributed by atoms with Crippen LogP contribution in [-0.2, 0) is 9.53 Å². The third kappa shape index (κ3) is 4.05. The molecule has 0 spiro atoms. The Kier molecular flexibility index (Phi) is 5.25. The van der Waals surface area contributed by atoms with Gasteiger partial charge in [0, 0.05) is 32.5 Å². The van der Waals surface area contributed by atoms with Crippen molar-refractivity contribution in [3.63, 3.8) is 0 Å². The zero-order valence-electron chi connectivity index (χ0n) is 13.7. The lowest BCUT2D eigenvalue weighted by Crippen LogP contribution is -2.38. The number of rotatable bonds is 4. The SMILES string of the molecule is COCC1CCN(CC2CC(C(C)(C)C)CCC2=O)C1. The lowest BCUT2D eigenvalue weighted by molar-refractivity contribution is -0.127. The van der Waals surface area contributed by atoms with E-state index in [1.807, 2.05) is 0 Å². The minimum atomic E-state index is 0.272. The van der Waals surface area contributed by atoms with Gasteiger partial charge in [0.05, 0.1) is 6.61 Å². The van der Waals surface area contributed by atoms with E-state index in [1.54, 1.807) is 7.11 Å². The summed E-state index contributed by atoms with van der Waals surface area (Å²) in [7, 11) is 1.78. The molecule has 2 aliphatic rings. The molecule has 1 saturated heterocycles. The molecule has 1 aliphatic heterocycles. The normalized spacial score (nSPS) is 32.8. The van der Waals surface area contributed by atoms with Gasteiger partial charge in [0.25, 0.3) is 0 Å². The molecule has 3 unspecified atom stereocenters. The van der Waals surface area contributed by atoms with Crippen LogP contribution < -0.4 is 0 Å². The molecule has 1 aliphatic carbocycles. The molecule has 0 N–H and O–H groups in total. The van der Waals surface area contributed by atoms with Crippen molar-refractivity contribution in [3.05, 3.63) is 0 Å². The van der Waals surface area contributed by atoms with E-state index >= 15 is 0 Å². The van der Waals surface area contributed by atoms with E-state index in [1.165, 1.54) is 6.42 Å². The highest BCUT2D eigenvalue weighted by Gasteiger charge is 2.36. The quantitative estimate of drug-likeness (QED) is 0.793. The summed E-state index contributed by atoms with van der Waals surface area (Å²) in [5.74, 6) is 2.13. The third-order valence-electron chi connectivity index (χ3n) is 5.24. The van der Waals surface area contributed by atoms with Crippen LogP contribution in [-0.4, -0.2) is 44.0 Å². The Balaban J connectivity index is 1.86. The number of Topliss-reactive ketones (excluding diaryl/α,β-unsaturated/α-hetero) is 1. The van der Waals surface area contributed by atoms with Crippen LogP contribution >= 0.6 is 0 Å². The number of hydrogen-bond donors (Lipinski definition) is 0. The summed E-state index contributed by atoms with van der Waals surface area (Å²) in [6.45, 7) is 11.0. The number of carbonyl (C=O) groups excluding carboxylic acids is 1. The number of nitrogens with zero attached hydrogens (tertiary/aromatic N) is 1. The molecule has 1 saturated carbocycles. The summed E-state index contributed by atoms with van der Waals surface area (Å²) in [5.41, 5.74) is 0.336. The van der Waals surface area contributed by atoms with Crippen molar-refractivity contribution in [3.8, 4) is 0 Å². The molecule has 0 radical (unpaired) electrons. The number of carbonyl (C=O) groups is 1. The second-order valence-corrected chi connectivity index (χ2v) is 7.87. The van der Waals surface area contributed by atoms with Crippen molar-refractivity contribution in [1.29, 1.82) is 0 Å². The van der Waals surface area contributed by atoms with Gasteiger partial charge in [0.15, 0.2) is 0 Å². The van der Waals surface area contributed by atoms with Crippen molar-refractivity contribution in [2.75, 3.05) is 33.4 Å². The standard InChI is InChI=1S/C17H31NO2/c1-17(2,3)15-5-6-16(19)14(9-15)11-18-8-7-13(10-18)12-20-4/h13-15H,5-12H2,1-4H3. The fraction of sp³-hybridized carbons (Fsp3) is 0.941. The van der Waals surface area contributed by atoms with Crippen molar-refractivity contribution in [1.82, 2.24) is 4.90 Å². The molecule has 0 bridgehead atoms. The Labute approximate surface area is 124 Å². The van der Waals surface area contributed by atoms with Gasteiger partial charge in [-0.25, -0.2) is 0 Å². The van der Waals surface area contributed by atoms with E-state index in [0.717, 1.165) is 45.5 Å². The summed E-state index contributed by atoms with van der Waals surface area (Å²) in [6, 6.07) is 0. The molecule has 2 fully saturated rings. The molecule has 3 atom stereocenters. The van der Waals surface area contributed by atoms with Crippen LogP contribution in [0.1, 0.15) is 46.5 Å². The molecule has 0 amide bonds. The van der Waals surface area contributed by atoms with E-state index in [-0.39, 0.29) is 5.92 Å². The first-order valence-electron chi connectivity index (χ1n) is 8.14. The van der Waals surface area contributed by atoms with E-state index in [0.29, 0.717) is 23.0 Å². The van der Waals surface area contributed by atoms with Gasteiger partial charge in [-0.3, -0.25) is 4.79 Å². The predicted molar refractivity (Wildman–Crippen MR) is 81.7 cm³/mol. The summed E-state index contributed by atoms with van der Waals surface area (Å²) >= 11 is 0. The molecule has 20 heavy (non-hydrogen) atoms. The smallest absolute Gasteiger partial charge is 0.137 e. The Morgan fingerprint density at radius 2 is 2.05 bits per heavy atom. The maximum absolute atomic E-state index is 12.2. The summed E-state index contributed by atoms with van der Waals surface area (Å²) in [6.07, 6.45) is 4.19. The van der Waals surface area contributed by atoms with E-state index in [2.05, 4.69) is 25.7 Å². The van der Waals surface area contributed by atoms with E-state index < -0.39 is 0 Å². The number of hydrogen-bond acceptors (Lipinski definition) is 3. The first-order chi connectivity index (χ1) is 9.40. The minimum Gasteiger partial charge on any atom is -0.384 e. The topological polar surface area (TPSA) is 29.5 Å². The highest BCUT2D eigenvalue weighted by molar-refractivity contribution is 5.82. The van der Waals surface area contributed by atoms with Gasteiger partial charge >= 0.3 is 0 Å². The van der Waals surface area contributed by atoms with Crippen LogP contribution in [0.15, 0.2) is 0 Å². The number of ether oxygens (including phenoxy) is 1. The lowest BCUT2D eigenvalue weighted by atomic mass is 9.68. The highest BCUT2D eigenvalue weighted by atomic mass is 16.5. The van der Waals surface area contributed by atoms with Gasteiger partial charge in [-0.2, -0.15) is 0 Å². The zero-order chi connectivity index (χ0) is 14.8. The summed E-state index contributed by atoms with van der Waals surface area (Å²) in [5, 5.41) is 0. The van der Waals surface area contributed by atoms with Crippen molar-refractivity contribution in [2.24, 2.45) is 23.2 Å². The fourth-order valence-corrected chi connectivity index (χ4v) is 3.84. The molecular formula is C17H31NO2. The number of likely N-dealkylation sites (tertiary alicyclic amines) is 1. The van der Waals surface area contributed by atoms with Crippen LogP contribution in [0.4, 0.5) is 0 Å². The Morgan fingerprint density at radius 1 is 1.30 bits per heavy atom. The fourth-order valence-electron chi connectivity index (χ4n) is 3.84. The molecule has 116 valence electrons. The maximum atomic E-state index is 12.2. The van der Waals surface area contributed by atoms with Gasteiger partial charge in [-0.15, -0.1) is 0 Å². The Hall–Kier alpha value is -0.410. The number of ketones is 1. The van der Waals surface area contributed by atoms with Crippen molar-refractivity contribution >= 4 is 5.78 Å². The van der Waals surface area contributed by atoms with Crippen LogP contribution in [0.3, 0.4) is 0 Å². The summed E-state index contributed by atoms with van der Waals surface area (Å²) in [4.78, 5) is 14.7. The zero-order valence-corrected chi connectivity index (χ0v) is 13.7. The van der Waals surface area contributed by atoms with Crippen molar-refractivity contribution in [2.45, 2.75) is 46.5 Å². The molecule has 3 heteroatoms. The van der Waals surface area contributed by atoms with Crippen LogP contribution in [0.25, 0.3) is 0 Å². The predicted octanol–water partition coefficient (Wildman–Crippen LogP) is 2.99. The monoisotopic (exact) mass is 281 g/mol. The second kappa shape index (κ2) is 6.57. The average molecular weight is 281 g/mol. The molecular weight excluding hydrogens is 250 g/mol. The lowest BCUT2D eigenvalue weighted by Gasteiger charge is -2.38. The van der Waals surface area contributed by atoms with Crippen LogP contribution in [0, 0.1) is 23.2 Å². The maximum Gasteiger partial charge on any atom is 0.137 e. The second-order valence-electron chi connectivity index (χ2n) is 7.87. The van der Waals surface area contributed by atoms with E-state index in [9.17, 15) is 4.79 Å². The van der Waals surface area contributed by atoms with Gasteiger partial charge in [0.2, 0.25) is 0 Å². The third-order valence-corrected chi connectivity index (χ3v) is 5.24. The largest absolute Gasteiger partial charge is 0.384 e. The molecule has 1 heterocycles. The molecule has 3 nitrogen and oxygen atoms in total. The Morgan fingerprint density at radius 3 is 2.70 bits per heavy atom. The number of methoxy groups -OCH3 is 1. The van der Waals surface area contributed by atoms with Crippen LogP contribution in [0.5, 0.6) is 0 Å². The van der Waals surface area contributed by atoms with Crippen LogP contribution in [0.2, 0.25) is 0 Å². The van der Waals surface area contributed by atoms with Crippen molar-refractivity contribution < 1.29 is 9.53 Å². The molecule has 0 aromatic carbocycles. The molecule has 0 aromatic rings. The molecule has 2 rings (SSSR count). The van der Waals surface area contributed by atoms with Gasteiger partial charge in [-0.05, 0) is 43.1 Å².